The average molecular weight is 904 g/mol. The fourth-order valence-corrected chi connectivity index (χ4v) is 9.28. The van der Waals surface area contributed by atoms with Gasteiger partial charge in [-0.25, -0.2) is 19.4 Å². The highest BCUT2D eigenvalue weighted by Gasteiger charge is 2.44. The number of fused-ring (bicyclic) bond motifs is 1. The van der Waals surface area contributed by atoms with Gasteiger partial charge in [-0.1, -0.05) is 91.0 Å². The molecule has 66 heavy (non-hydrogen) atoms. The summed E-state index contributed by atoms with van der Waals surface area (Å²) in [5.74, 6) is 0.813. The fourth-order valence-electron chi connectivity index (χ4n) is 9.28. The number of rotatable bonds is 13. The van der Waals surface area contributed by atoms with Crippen molar-refractivity contribution in [1.82, 2.24) is 45.3 Å². The first kappa shape index (κ1) is 44.7. The van der Waals surface area contributed by atoms with Crippen LogP contribution in [0.25, 0.3) is 11.2 Å². The molecule has 4 fully saturated rings. The number of amides is 5. The minimum atomic E-state index is -1.34. The number of nitrogens with zero attached hydrogens (tertiary/aromatic N) is 7. The van der Waals surface area contributed by atoms with Crippen LogP contribution in [0.5, 0.6) is 0 Å². The van der Waals surface area contributed by atoms with Crippen LogP contribution in [0.1, 0.15) is 54.5 Å². The lowest BCUT2D eigenvalue weighted by molar-refractivity contribution is -0.0511. The zero-order chi connectivity index (χ0) is 45.6. The highest BCUT2D eigenvalue weighted by atomic mass is 16.6. The Kier molecular flexibility index (Phi) is 13.7. The van der Waals surface area contributed by atoms with Crippen LogP contribution >= 0.6 is 0 Å². The number of aromatic nitrogens is 4. The summed E-state index contributed by atoms with van der Waals surface area (Å²) in [4.78, 5) is 59.1. The lowest BCUT2D eigenvalue weighted by Gasteiger charge is -2.32. The summed E-state index contributed by atoms with van der Waals surface area (Å²) >= 11 is 0. The maximum absolute atomic E-state index is 13.4. The van der Waals surface area contributed by atoms with Crippen molar-refractivity contribution in [1.29, 1.82) is 0 Å². The van der Waals surface area contributed by atoms with Gasteiger partial charge in [0.1, 0.15) is 24.9 Å². The Balaban J connectivity index is 0.805. The molecule has 19 heteroatoms. The van der Waals surface area contributed by atoms with E-state index in [4.69, 9.17) is 19.4 Å². The van der Waals surface area contributed by atoms with E-state index in [0.717, 1.165) is 16.7 Å². The van der Waals surface area contributed by atoms with E-state index in [2.05, 4.69) is 50.5 Å². The van der Waals surface area contributed by atoms with Crippen molar-refractivity contribution in [3.63, 3.8) is 0 Å². The molecule has 0 unspecified atom stereocenters. The van der Waals surface area contributed by atoms with E-state index in [-0.39, 0.29) is 48.8 Å². The van der Waals surface area contributed by atoms with Crippen molar-refractivity contribution in [2.45, 2.75) is 80.9 Å². The molecule has 0 radical (unpaired) electrons. The monoisotopic (exact) mass is 903 g/mol. The summed E-state index contributed by atoms with van der Waals surface area (Å²) in [6.45, 7) is 3.03. The number of benzene rings is 3. The number of likely N-dealkylation sites (tertiary alicyclic amines) is 2. The number of carbonyl (C=O) groups is 3. The van der Waals surface area contributed by atoms with E-state index in [1.54, 1.807) is 14.4 Å². The van der Waals surface area contributed by atoms with Crippen LogP contribution in [0.4, 0.5) is 26.1 Å². The van der Waals surface area contributed by atoms with Gasteiger partial charge in [-0.15, -0.1) is 0 Å². The van der Waals surface area contributed by atoms with Crippen LogP contribution in [-0.2, 0) is 16.1 Å². The van der Waals surface area contributed by atoms with Crippen molar-refractivity contribution in [3.8, 4) is 0 Å². The summed E-state index contributed by atoms with van der Waals surface area (Å²) in [7, 11) is 0. The van der Waals surface area contributed by atoms with Crippen LogP contribution in [-0.4, -0.2) is 152 Å². The molecule has 0 bridgehead atoms. The van der Waals surface area contributed by atoms with Crippen molar-refractivity contribution in [3.05, 3.63) is 114 Å². The zero-order valence-corrected chi connectivity index (χ0v) is 36.6. The molecule has 7 N–H and O–H groups in total. The Hall–Kier alpha value is -6.54. The van der Waals surface area contributed by atoms with Gasteiger partial charge >= 0.3 is 18.2 Å². The number of urea groups is 2. The van der Waals surface area contributed by atoms with Crippen molar-refractivity contribution < 1.29 is 39.2 Å². The first-order valence-electron chi connectivity index (χ1n) is 22.7. The number of carbonyl (C=O) groups excluding carboxylic acids is 3. The van der Waals surface area contributed by atoms with Crippen molar-refractivity contribution in [2.75, 3.05) is 62.6 Å². The van der Waals surface area contributed by atoms with Gasteiger partial charge in [-0.05, 0) is 42.4 Å². The van der Waals surface area contributed by atoms with Gasteiger partial charge in [0.15, 0.2) is 23.2 Å². The Morgan fingerprint density at radius 1 is 0.742 bits per heavy atom. The molecule has 5 amide bonds. The number of imidazole rings is 1. The quantitative estimate of drug-likeness (QED) is 0.0902. The van der Waals surface area contributed by atoms with Gasteiger partial charge in [0.2, 0.25) is 5.95 Å². The highest BCUT2D eigenvalue weighted by Crippen LogP contribution is 2.34. The van der Waals surface area contributed by atoms with E-state index in [1.165, 1.54) is 6.33 Å². The van der Waals surface area contributed by atoms with E-state index >= 15 is 0 Å². The van der Waals surface area contributed by atoms with Crippen molar-refractivity contribution in [2.24, 2.45) is 0 Å². The lowest BCUT2D eigenvalue weighted by atomic mass is 9.91. The molecule has 0 aliphatic carbocycles. The molecule has 19 nitrogen and oxygen atoms in total. The third kappa shape index (κ3) is 10.1. The molecular formula is C47H57N11O8. The van der Waals surface area contributed by atoms with Crippen LogP contribution in [0.2, 0.25) is 0 Å². The lowest BCUT2D eigenvalue weighted by Crippen LogP contribution is -2.51. The molecule has 6 heterocycles. The number of hydrogen-bond donors (Lipinski definition) is 7. The summed E-state index contributed by atoms with van der Waals surface area (Å²) in [6.07, 6.45) is -1.08. The predicted molar refractivity (Wildman–Crippen MR) is 244 cm³/mol. The third-order valence-electron chi connectivity index (χ3n) is 13.0. The van der Waals surface area contributed by atoms with Gasteiger partial charge < -0.3 is 60.8 Å². The molecule has 0 saturated carbocycles. The Labute approximate surface area is 382 Å². The summed E-state index contributed by atoms with van der Waals surface area (Å²) in [5.41, 5.74) is 3.96. The Morgan fingerprint density at radius 3 is 2.03 bits per heavy atom. The highest BCUT2D eigenvalue weighted by molar-refractivity contribution is 5.85. The molecule has 6 atom stereocenters. The molecule has 2 aromatic heterocycles. The molecule has 4 aliphatic rings. The molecule has 4 saturated heterocycles. The molecule has 4 aliphatic heterocycles. The second kappa shape index (κ2) is 20.3. The third-order valence-corrected chi connectivity index (χ3v) is 13.0. The van der Waals surface area contributed by atoms with E-state index < -0.39 is 31.1 Å². The minimum absolute atomic E-state index is 0.0309. The van der Waals surface area contributed by atoms with E-state index in [9.17, 15) is 29.7 Å². The number of aliphatic hydroxyl groups excluding tert-OH is 3. The smallest absolute Gasteiger partial charge is 0.410 e. The fraction of sp³-hybridized carbons (Fsp3) is 0.447. The number of aliphatic hydroxyl groups is 3. The molecule has 5 aromatic rings. The average Bonchev–Trinajstić information content (AvgIpc) is 4.17. The van der Waals surface area contributed by atoms with Gasteiger partial charge in [0.05, 0.1) is 12.9 Å². The summed E-state index contributed by atoms with van der Waals surface area (Å²) in [5, 5.41) is 44.2. The largest absolute Gasteiger partial charge is 0.445 e. The van der Waals surface area contributed by atoms with Crippen molar-refractivity contribution >= 4 is 41.1 Å². The maximum atomic E-state index is 13.4. The SMILES string of the molecule is O=C(N[C@@H]1CCN(C(=O)NC2CCN(C(=O)OCc3ccccc3)CC2)C1)N[C@@H]1CCN(c2nc(NCC(c3ccccc3)c3ccccc3)c3ncn([C@@H]4O[C@H](CO)[C@@H](O)[C@H]4O)c3n2)C1. The normalized spacial score (nSPS) is 23.4. The van der Waals surface area contributed by atoms with E-state index in [1.807, 2.05) is 71.6 Å². The predicted octanol–water partition coefficient (Wildman–Crippen LogP) is 3.14. The Bertz CT molecular complexity index is 2380. The topological polar surface area (TPSA) is 232 Å². The number of hydrogen-bond acceptors (Lipinski definition) is 13. The summed E-state index contributed by atoms with van der Waals surface area (Å²) < 4.78 is 12.9. The molecule has 348 valence electrons. The van der Waals surface area contributed by atoms with Crippen LogP contribution in [0.3, 0.4) is 0 Å². The number of nitrogens with one attached hydrogen (secondary N) is 4. The van der Waals surface area contributed by atoms with Gasteiger partial charge in [-0.3, -0.25) is 4.57 Å². The van der Waals surface area contributed by atoms with Crippen LogP contribution < -0.4 is 26.2 Å². The summed E-state index contributed by atoms with van der Waals surface area (Å²) in [6, 6.07) is 28.9. The first-order chi connectivity index (χ1) is 32.2. The van der Waals surface area contributed by atoms with Gasteiger partial charge in [0, 0.05) is 69.9 Å². The standard InChI is InChI=1S/C47H57N11O8/c59-27-37-39(60)40(61)43(66-37)58-29-49-38-41(48-24-36(31-12-6-2-7-13-31)32-14-8-3-9-15-32)53-44(54-42(38)58)56-22-18-34(25-56)50-45(62)51-35-19-23-57(26-35)46(63)52-33-16-20-55(21-17-33)47(64)65-28-30-10-4-1-5-11-30/h1-15,29,33-37,39-40,43,59-61H,16-28H2,(H,52,63)(H,48,53,54)(H2,50,51,62)/t34-,35-,37-,39-,40-,43-/m1/s1. The van der Waals surface area contributed by atoms with Crippen LogP contribution in [0.15, 0.2) is 97.3 Å². The second-order valence-electron chi connectivity index (χ2n) is 17.4. The maximum Gasteiger partial charge on any atom is 0.410 e. The minimum Gasteiger partial charge on any atom is -0.445 e. The van der Waals surface area contributed by atoms with Gasteiger partial charge in [-0.2, -0.15) is 9.97 Å². The first-order valence-corrected chi connectivity index (χ1v) is 22.7. The zero-order valence-electron chi connectivity index (χ0n) is 36.6. The molecule has 3 aromatic carbocycles. The van der Waals surface area contributed by atoms with E-state index in [0.29, 0.717) is 94.4 Å². The second-order valence-corrected chi connectivity index (χ2v) is 17.4. The van der Waals surface area contributed by atoms with Gasteiger partial charge in [0.25, 0.3) is 0 Å². The molecular weight excluding hydrogens is 847 g/mol. The van der Waals surface area contributed by atoms with Crippen LogP contribution in [0, 0.1) is 0 Å². The number of anilines is 2. The molecule has 9 rings (SSSR count). The number of ether oxygens (including phenoxy) is 2. The molecule has 0 spiro atoms. The Morgan fingerprint density at radius 2 is 1.36 bits per heavy atom. The number of piperidine rings is 1.